The van der Waals surface area contributed by atoms with E-state index in [0.717, 1.165) is 12.3 Å². The molecule has 0 saturated carbocycles. The van der Waals surface area contributed by atoms with Gasteiger partial charge >= 0.3 is 0 Å². The number of nitrogens with zero attached hydrogens (tertiary/aromatic N) is 3. The molecule has 0 aliphatic carbocycles. The molecule has 1 aromatic heterocycles. The number of halogens is 1. The summed E-state index contributed by atoms with van der Waals surface area (Å²) in [5, 5.41) is 10.7. The second-order valence-corrected chi connectivity index (χ2v) is 3.58. The number of hydrogen-bond donors (Lipinski definition) is 1. The first-order valence-corrected chi connectivity index (χ1v) is 5.29. The standard InChI is InChI=1S/C11H9FN4O4/c1-19-8-3-2-6(16(17)18)4-9(8)20-10-7(12)5-14-11(13)15-10/h2-5H,1H3,(H2,13,14,15). The van der Waals surface area contributed by atoms with Crippen LogP contribution in [0.3, 0.4) is 0 Å². The molecule has 0 atom stereocenters. The van der Waals surface area contributed by atoms with Gasteiger partial charge < -0.3 is 15.2 Å². The van der Waals surface area contributed by atoms with Gasteiger partial charge in [0.1, 0.15) is 0 Å². The minimum absolute atomic E-state index is 0.0568. The maximum Gasteiger partial charge on any atom is 0.273 e. The maximum absolute atomic E-state index is 13.5. The Labute approximate surface area is 112 Å². The summed E-state index contributed by atoms with van der Waals surface area (Å²) in [6, 6.07) is 3.66. The first kappa shape index (κ1) is 13.5. The minimum Gasteiger partial charge on any atom is -0.493 e. The summed E-state index contributed by atoms with van der Waals surface area (Å²) in [6.45, 7) is 0. The van der Waals surface area contributed by atoms with Crippen molar-refractivity contribution in [2.75, 3.05) is 12.8 Å². The van der Waals surface area contributed by atoms with E-state index < -0.39 is 16.6 Å². The normalized spacial score (nSPS) is 10.1. The molecule has 2 rings (SSSR count). The number of ether oxygens (including phenoxy) is 2. The summed E-state index contributed by atoms with van der Waals surface area (Å²) in [5.41, 5.74) is 5.09. The molecule has 0 radical (unpaired) electrons. The Kier molecular flexibility index (Phi) is 3.60. The topological polar surface area (TPSA) is 113 Å². The minimum atomic E-state index is -0.854. The Morgan fingerprint density at radius 1 is 1.40 bits per heavy atom. The SMILES string of the molecule is COc1ccc([N+](=O)[O-])cc1Oc1nc(N)ncc1F. The predicted octanol–water partition coefficient (Wildman–Crippen LogP) is 1.91. The fraction of sp³-hybridized carbons (Fsp3) is 0.0909. The molecule has 0 unspecified atom stereocenters. The van der Waals surface area contributed by atoms with E-state index in [1.807, 2.05) is 0 Å². The van der Waals surface area contributed by atoms with Crippen LogP contribution in [0.15, 0.2) is 24.4 Å². The third-order valence-corrected chi connectivity index (χ3v) is 2.30. The third-order valence-electron chi connectivity index (χ3n) is 2.30. The lowest BCUT2D eigenvalue weighted by atomic mass is 10.3. The molecule has 8 nitrogen and oxygen atoms in total. The van der Waals surface area contributed by atoms with E-state index in [1.165, 1.54) is 19.2 Å². The van der Waals surface area contributed by atoms with Gasteiger partial charge in [-0.15, -0.1) is 0 Å². The highest BCUT2D eigenvalue weighted by Crippen LogP contribution is 2.34. The molecular formula is C11H9FN4O4. The number of methoxy groups -OCH3 is 1. The van der Waals surface area contributed by atoms with Crippen molar-refractivity contribution in [1.82, 2.24) is 9.97 Å². The van der Waals surface area contributed by atoms with Gasteiger partial charge in [-0.25, -0.2) is 4.98 Å². The van der Waals surface area contributed by atoms with Gasteiger partial charge in [-0.05, 0) is 6.07 Å². The van der Waals surface area contributed by atoms with Crippen LogP contribution in [0.5, 0.6) is 17.4 Å². The Hall–Kier alpha value is -2.97. The fourth-order valence-corrected chi connectivity index (χ4v) is 1.40. The number of aromatic nitrogens is 2. The molecule has 1 heterocycles. The first-order chi connectivity index (χ1) is 9.51. The van der Waals surface area contributed by atoms with Crippen LogP contribution in [0, 0.1) is 15.9 Å². The van der Waals surface area contributed by atoms with Crippen LogP contribution in [0.25, 0.3) is 0 Å². The lowest BCUT2D eigenvalue weighted by Gasteiger charge is -2.09. The van der Waals surface area contributed by atoms with Crippen LogP contribution in [-0.2, 0) is 0 Å². The van der Waals surface area contributed by atoms with Gasteiger partial charge in [-0.2, -0.15) is 9.37 Å². The van der Waals surface area contributed by atoms with Crippen LogP contribution in [-0.4, -0.2) is 22.0 Å². The zero-order valence-electron chi connectivity index (χ0n) is 10.2. The molecular weight excluding hydrogens is 271 g/mol. The summed E-state index contributed by atoms with van der Waals surface area (Å²) in [5.74, 6) is -1.36. The molecule has 0 spiro atoms. The number of nitro groups is 1. The maximum atomic E-state index is 13.5. The highest BCUT2D eigenvalue weighted by atomic mass is 19.1. The van der Waals surface area contributed by atoms with Crippen LogP contribution < -0.4 is 15.2 Å². The van der Waals surface area contributed by atoms with Crippen molar-refractivity contribution in [2.45, 2.75) is 0 Å². The van der Waals surface area contributed by atoms with Crippen molar-refractivity contribution >= 4 is 11.6 Å². The van der Waals surface area contributed by atoms with E-state index >= 15 is 0 Å². The molecule has 104 valence electrons. The highest BCUT2D eigenvalue weighted by Gasteiger charge is 2.16. The van der Waals surface area contributed by atoms with E-state index in [-0.39, 0.29) is 23.1 Å². The Bertz CT molecular complexity index is 665. The molecule has 2 aromatic rings. The molecule has 0 saturated heterocycles. The van der Waals surface area contributed by atoms with Crippen LogP contribution in [0.4, 0.5) is 16.0 Å². The largest absolute Gasteiger partial charge is 0.493 e. The van der Waals surface area contributed by atoms with Crippen molar-refractivity contribution in [3.05, 3.63) is 40.3 Å². The van der Waals surface area contributed by atoms with Crippen LogP contribution in [0.1, 0.15) is 0 Å². The summed E-state index contributed by atoms with van der Waals surface area (Å²) in [7, 11) is 1.35. The van der Waals surface area contributed by atoms with Gasteiger partial charge in [0.2, 0.25) is 11.8 Å². The van der Waals surface area contributed by atoms with Gasteiger partial charge in [0, 0.05) is 6.07 Å². The van der Waals surface area contributed by atoms with Gasteiger partial charge in [0.25, 0.3) is 11.6 Å². The number of nitrogens with two attached hydrogens (primary N) is 1. The van der Waals surface area contributed by atoms with E-state index in [1.54, 1.807) is 0 Å². The van der Waals surface area contributed by atoms with Crippen molar-refractivity contribution in [3.8, 4) is 17.4 Å². The molecule has 1 aromatic carbocycles. The average molecular weight is 280 g/mol. The molecule has 0 fully saturated rings. The second kappa shape index (κ2) is 5.34. The monoisotopic (exact) mass is 280 g/mol. The number of rotatable bonds is 4. The predicted molar refractivity (Wildman–Crippen MR) is 66.1 cm³/mol. The first-order valence-electron chi connectivity index (χ1n) is 5.29. The van der Waals surface area contributed by atoms with Crippen molar-refractivity contribution in [2.24, 2.45) is 0 Å². The zero-order chi connectivity index (χ0) is 14.7. The van der Waals surface area contributed by atoms with E-state index in [2.05, 4.69) is 9.97 Å². The van der Waals surface area contributed by atoms with Crippen molar-refractivity contribution in [1.29, 1.82) is 0 Å². The molecule has 9 heteroatoms. The highest BCUT2D eigenvalue weighted by molar-refractivity contribution is 5.50. The molecule has 2 N–H and O–H groups in total. The number of nitrogen functional groups attached to an aromatic ring is 1. The zero-order valence-corrected chi connectivity index (χ0v) is 10.2. The molecule has 0 bridgehead atoms. The van der Waals surface area contributed by atoms with Crippen molar-refractivity contribution in [3.63, 3.8) is 0 Å². The summed E-state index contributed by atoms with van der Waals surface area (Å²) >= 11 is 0. The molecule has 0 aliphatic heterocycles. The van der Waals surface area contributed by atoms with Crippen LogP contribution >= 0.6 is 0 Å². The van der Waals surface area contributed by atoms with Gasteiger partial charge in [-0.1, -0.05) is 0 Å². The Balaban J connectivity index is 2.43. The quantitative estimate of drug-likeness (QED) is 0.672. The molecule has 20 heavy (non-hydrogen) atoms. The smallest absolute Gasteiger partial charge is 0.273 e. The average Bonchev–Trinajstić information content (AvgIpc) is 2.42. The van der Waals surface area contributed by atoms with E-state index in [0.29, 0.717) is 0 Å². The Morgan fingerprint density at radius 2 is 2.15 bits per heavy atom. The van der Waals surface area contributed by atoms with Crippen LogP contribution in [0.2, 0.25) is 0 Å². The number of non-ortho nitro benzene ring substituents is 1. The molecule has 0 aliphatic rings. The third kappa shape index (κ3) is 2.71. The van der Waals surface area contributed by atoms with Crippen molar-refractivity contribution < 1.29 is 18.8 Å². The van der Waals surface area contributed by atoms with E-state index in [4.69, 9.17) is 15.2 Å². The Morgan fingerprint density at radius 3 is 2.80 bits per heavy atom. The lowest BCUT2D eigenvalue weighted by molar-refractivity contribution is -0.384. The summed E-state index contributed by atoms with van der Waals surface area (Å²) in [6.07, 6.45) is 0.835. The van der Waals surface area contributed by atoms with Gasteiger partial charge in [0.05, 0.1) is 24.3 Å². The summed E-state index contributed by atoms with van der Waals surface area (Å²) < 4.78 is 23.6. The van der Waals surface area contributed by atoms with Gasteiger partial charge in [-0.3, -0.25) is 10.1 Å². The number of anilines is 1. The van der Waals surface area contributed by atoms with Gasteiger partial charge in [0.15, 0.2) is 11.5 Å². The summed E-state index contributed by atoms with van der Waals surface area (Å²) in [4.78, 5) is 17.1. The number of hydrogen-bond acceptors (Lipinski definition) is 7. The van der Waals surface area contributed by atoms with E-state index in [9.17, 15) is 14.5 Å². The lowest BCUT2D eigenvalue weighted by Crippen LogP contribution is -2.00. The molecule has 0 amide bonds. The number of benzene rings is 1. The fourth-order valence-electron chi connectivity index (χ4n) is 1.40. The second-order valence-electron chi connectivity index (χ2n) is 3.58. The number of nitro benzene ring substituents is 1.